The molecular weight excluding hydrogens is 252 g/mol. The molecule has 1 aromatic carbocycles. The van der Waals surface area contributed by atoms with Crippen LogP contribution in [-0.2, 0) is 0 Å². The molecule has 0 N–H and O–H groups in total. The summed E-state index contributed by atoms with van der Waals surface area (Å²) < 4.78 is 0. The molecule has 1 aliphatic carbocycles. The van der Waals surface area contributed by atoms with Gasteiger partial charge in [-0.2, -0.15) is 5.26 Å². The first-order valence-electron chi connectivity index (χ1n) is 6.42. The maximum absolute atomic E-state index is 9.32. The summed E-state index contributed by atoms with van der Waals surface area (Å²) in [6.45, 7) is 2.00. The molecule has 1 aliphatic rings. The van der Waals surface area contributed by atoms with Crippen molar-refractivity contribution in [3.8, 4) is 6.07 Å². The van der Waals surface area contributed by atoms with E-state index >= 15 is 0 Å². The average molecular weight is 266 g/mol. The quantitative estimate of drug-likeness (QED) is 0.831. The van der Waals surface area contributed by atoms with Crippen LogP contribution in [0.4, 0.5) is 0 Å². The molecule has 1 saturated carbocycles. The molecule has 94 valence electrons. The summed E-state index contributed by atoms with van der Waals surface area (Å²) in [5, 5.41) is 10.2. The lowest BCUT2D eigenvalue weighted by Crippen LogP contribution is -1.96. The van der Waals surface area contributed by atoms with Gasteiger partial charge in [-0.3, -0.25) is 0 Å². The van der Waals surface area contributed by atoms with Crippen molar-refractivity contribution >= 4 is 11.8 Å². The Labute approximate surface area is 117 Å². The minimum atomic E-state index is 0.613. The molecule has 1 fully saturated rings. The molecule has 2 nitrogen and oxygen atoms in total. The highest BCUT2D eigenvalue weighted by molar-refractivity contribution is 7.99. The van der Waals surface area contributed by atoms with Crippen LogP contribution in [0, 0.1) is 18.3 Å². The Morgan fingerprint density at radius 2 is 2.00 bits per heavy atom. The lowest BCUT2D eigenvalue weighted by atomic mass is 10.1. The number of hydrogen-bond acceptors (Lipinski definition) is 3. The molecule has 0 unspecified atom stereocenters. The van der Waals surface area contributed by atoms with E-state index < -0.39 is 0 Å². The molecule has 3 heteroatoms. The summed E-state index contributed by atoms with van der Waals surface area (Å²) in [5.41, 5.74) is 2.89. The molecule has 0 bridgehead atoms. The molecule has 0 spiro atoms. The van der Waals surface area contributed by atoms with Crippen LogP contribution in [0.2, 0.25) is 0 Å². The van der Waals surface area contributed by atoms with Gasteiger partial charge < -0.3 is 0 Å². The number of benzene rings is 1. The molecule has 1 heterocycles. The molecule has 2 aromatic rings. The summed E-state index contributed by atoms with van der Waals surface area (Å²) in [7, 11) is 0. The fourth-order valence-electron chi connectivity index (χ4n) is 2.07. The van der Waals surface area contributed by atoms with Crippen molar-refractivity contribution in [1.82, 2.24) is 4.98 Å². The van der Waals surface area contributed by atoms with Crippen LogP contribution in [0.25, 0.3) is 0 Å². The van der Waals surface area contributed by atoms with Crippen molar-refractivity contribution in [1.29, 1.82) is 5.26 Å². The Bertz CT molecular complexity index is 640. The molecule has 0 amide bonds. The number of nitrogens with zero attached hydrogens (tertiary/aromatic N) is 2. The second-order valence-electron chi connectivity index (χ2n) is 4.85. The third-order valence-electron chi connectivity index (χ3n) is 3.27. The predicted molar refractivity (Wildman–Crippen MR) is 76.2 cm³/mol. The minimum Gasteiger partial charge on any atom is -0.244 e. The zero-order valence-electron chi connectivity index (χ0n) is 10.8. The van der Waals surface area contributed by atoms with Crippen molar-refractivity contribution in [3.63, 3.8) is 0 Å². The topological polar surface area (TPSA) is 36.7 Å². The van der Waals surface area contributed by atoms with Gasteiger partial charge in [0.15, 0.2) is 0 Å². The fourth-order valence-corrected chi connectivity index (χ4v) is 3.04. The molecule has 1 aromatic heterocycles. The average Bonchev–Trinajstić information content (AvgIpc) is 3.24. The van der Waals surface area contributed by atoms with E-state index in [4.69, 9.17) is 4.98 Å². The largest absolute Gasteiger partial charge is 0.244 e. The van der Waals surface area contributed by atoms with Crippen molar-refractivity contribution in [2.45, 2.75) is 35.6 Å². The Kier molecular flexibility index (Phi) is 3.27. The zero-order valence-corrected chi connectivity index (χ0v) is 11.6. The first-order valence-corrected chi connectivity index (χ1v) is 7.24. The summed E-state index contributed by atoms with van der Waals surface area (Å²) in [6, 6.07) is 14.5. The predicted octanol–water partition coefficient (Wildman–Crippen LogP) is 4.29. The second kappa shape index (κ2) is 5.07. The van der Waals surface area contributed by atoms with Gasteiger partial charge in [0, 0.05) is 16.5 Å². The standard InChI is InChI=1S/C16H14N2S/c1-11-9-15(12-7-8-12)18-16(14(11)10-17)19-13-5-3-2-4-6-13/h2-6,9,12H,7-8H2,1H3. The van der Waals surface area contributed by atoms with Crippen LogP contribution < -0.4 is 0 Å². The number of nitriles is 1. The van der Waals surface area contributed by atoms with Crippen molar-refractivity contribution < 1.29 is 0 Å². The van der Waals surface area contributed by atoms with E-state index in [0.29, 0.717) is 11.5 Å². The Morgan fingerprint density at radius 3 is 2.63 bits per heavy atom. The van der Waals surface area contributed by atoms with Gasteiger partial charge in [0.1, 0.15) is 11.1 Å². The van der Waals surface area contributed by atoms with Gasteiger partial charge in [-0.15, -0.1) is 0 Å². The smallest absolute Gasteiger partial charge is 0.119 e. The Morgan fingerprint density at radius 1 is 1.26 bits per heavy atom. The highest BCUT2D eigenvalue weighted by Gasteiger charge is 2.26. The van der Waals surface area contributed by atoms with Crippen LogP contribution in [0.15, 0.2) is 46.3 Å². The third kappa shape index (κ3) is 2.64. The van der Waals surface area contributed by atoms with Crippen LogP contribution in [0.3, 0.4) is 0 Å². The van der Waals surface area contributed by atoms with E-state index in [2.05, 4.69) is 12.1 Å². The molecule has 0 radical (unpaired) electrons. The first kappa shape index (κ1) is 12.3. The highest BCUT2D eigenvalue weighted by atomic mass is 32.2. The summed E-state index contributed by atoms with van der Waals surface area (Å²) in [5.74, 6) is 0.613. The van der Waals surface area contributed by atoms with Gasteiger partial charge in [0.25, 0.3) is 0 Å². The van der Waals surface area contributed by atoms with E-state index in [0.717, 1.165) is 21.2 Å². The molecule has 19 heavy (non-hydrogen) atoms. The van der Waals surface area contributed by atoms with E-state index in [-0.39, 0.29) is 0 Å². The minimum absolute atomic E-state index is 0.613. The van der Waals surface area contributed by atoms with Gasteiger partial charge >= 0.3 is 0 Å². The Balaban J connectivity index is 2.01. The van der Waals surface area contributed by atoms with Crippen LogP contribution in [0.5, 0.6) is 0 Å². The summed E-state index contributed by atoms with van der Waals surface area (Å²) in [4.78, 5) is 5.83. The number of rotatable bonds is 3. The van der Waals surface area contributed by atoms with E-state index in [9.17, 15) is 5.26 Å². The lowest BCUT2D eigenvalue weighted by Gasteiger charge is -2.08. The first-order chi connectivity index (χ1) is 9.28. The van der Waals surface area contributed by atoms with Gasteiger partial charge in [0.2, 0.25) is 0 Å². The lowest BCUT2D eigenvalue weighted by molar-refractivity contribution is 0.943. The number of hydrogen-bond donors (Lipinski definition) is 0. The molecule has 0 saturated heterocycles. The second-order valence-corrected chi connectivity index (χ2v) is 5.91. The van der Waals surface area contributed by atoms with Crippen molar-refractivity contribution in [2.75, 3.05) is 0 Å². The number of pyridine rings is 1. The zero-order chi connectivity index (χ0) is 13.2. The molecule has 3 rings (SSSR count). The normalized spacial score (nSPS) is 14.1. The van der Waals surface area contributed by atoms with E-state index in [1.165, 1.54) is 12.8 Å². The van der Waals surface area contributed by atoms with E-state index in [1.807, 2.05) is 37.3 Å². The van der Waals surface area contributed by atoms with E-state index in [1.54, 1.807) is 11.8 Å². The van der Waals surface area contributed by atoms with Gasteiger partial charge in [-0.05, 0) is 43.5 Å². The monoisotopic (exact) mass is 266 g/mol. The highest BCUT2D eigenvalue weighted by Crippen LogP contribution is 2.41. The SMILES string of the molecule is Cc1cc(C2CC2)nc(Sc2ccccc2)c1C#N. The van der Waals surface area contributed by atoms with Crippen LogP contribution in [0.1, 0.15) is 35.6 Å². The Hall–Kier alpha value is -1.79. The van der Waals surface area contributed by atoms with Gasteiger partial charge in [-0.1, -0.05) is 30.0 Å². The van der Waals surface area contributed by atoms with Crippen molar-refractivity contribution in [2.24, 2.45) is 0 Å². The molecular formula is C16H14N2S. The summed E-state index contributed by atoms with van der Waals surface area (Å²) in [6.07, 6.45) is 2.46. The molecule has 0 aliphatic heterocycles. The van der Waals surface area contributed by atoms with Crippen LogP contribution >= 0.6 is 11.8 Å². The van der Waals surface area contributed by atoms with Gasteiger partial charge in [0.05, 0.1) is 5.56 Å². The summed E-state index contributed by atoms with van der Waals surface area (Å²) >= 11 is 1.58. The fraction of sp³-hybridized carbons (Fsp3) is 0.250. The maximum Gasteiger partial charge on any atom is 0.119 e. The number of aromatic nitrogens is 1. The molecule has 0 atom stereocenters. The van der Waals surface area contributed by atoms with Crippen molar-refractivity contribution in [3.05, 3.63) is 53.2 Å². The van der Waals surface area contributed by atoms with Gasteiger partial charge in [-0.25, -0.2) is 4.98 Å². The van der Waals surface area contributed by atoms with Crippen LogP contribution in [-0.4, -0.2) is 4.98 Å². The number of aryl methyl sites for hydroxylation is 1. The maximum atomic E-state index is 9.32. The third-order valence-corrected chi connectivity index (χ3v) is 4.27.